The molecule has 1 atom stereocenters. The number of nitrogens with zero attached hydrogens (tertiary/aromatic N) is 1. The molecule has 1 heterocycles. The van der Waals surface area contributed by atoms with Crippen LogP contribution in [0.5, 0.6) is 0 Å². The second-order valence-corrected chi connectivity index (χ2v) is 13.0. The fourth-order valence-electron chi connectivity index (χ4n) is 2.98. The van der Waals surface area contributed by atoms with Gasteiger partial charge in [0.05, 0.1) is 10.1 Å². The van der Waals surface area contributed by atoms with Crippen molar-refractivity contribution in [3.63, 3.8) is 0 Å². The summed E-state index contributed by atoms with van der Waals surface area (Å²) >= 11 is 1.38. The lowest BCUT2D eigenvalue weighted by Crippen LogP contribution is -2.48. The van der Waals surface area contributed by atoms with Gasteiger partial charge in [-0.15, -0.1) is 11.8 Å². The Balaban J connectivity index is 2.03. The smallest absolute Gasteiger partial charge is 0.407 e. The molecule has 1 N–H and O–H groups in total. The molecular weight excluding hydrogens is 424 g/mol. The van der Waals surface area contributed by atoms with Crippen LogP contribution in [-0.2, 0) is 19.6 Å². The zero-order valence-electron chi connectivity index (χ0n) is 18.5. The molecule has 0 aromatic heterocycles. The molecule has 0 aliphatic carbocycles. The lowest BCUT2D eigenvalue weighted by molar-refractivity contribution is -0.120. The van der Waals surface area contributed by atoms with Gasteiger partial charge in [0, 0.05) is 30.8 Å². The van der Waals surface area contributed by atoms with Crippen molar-refractivity contribution in [2.75, 3.05) is 19.6 Å². The number of hydrogen-bond acceptors (Lipinski definition) is 6. The van der Waals surface area contributed by atoms with Crippen LogP contribution < -0.4 is 5.32 Å². The maximum absolute atomic E-state index is 13.0. The monoisotopic (exact) mass is 456 g/mol. The number of alkyl carbamates (subject to hydrolysis) is 1. The van der Waals surface area contributed by atoms with E-state index in [9.17, 15) is 18.0 Å². The van der Waals surface area contributed by atoms with Crippen LogP contribution in [0.3, 0.4) is 0 Å². The summed E-state index contributed by atoms with van der Waals surface area (Å²) in [4.78, 5) is 24.7. The third-order valence-corrected chi connectivity index (χ3v) is 7.87. The number of amides is 1. The second-order valence-electron chi connectivity index (χ2n) is 9.11. The number of rotatable bonds is 6. The van der Waals surface area contributed by atoms with E-state index < -0.39 is 31.7 Å². The Morgan fingerprint density at radius 2 is 1.80 bits per heavy atom. The number of benzene rings is 1. The van der Waals surface area contributed by atoms with Crippen molar-refractivity contribution in [1.82, 2.24) is 9.62 Å². The lowest BCUT2D eigenvalue weighted by Gasteiger charge is -2.35. The van der Waals surface area contributed by atoms with Gasteiger partial charge in [-0.3, -0.25) is 4.79 Å². The van der Waals surface area contributed by atoms with Crippen molar-refractivity contribution in [3.8, 4) is 0 Å². The second kappa shape index (κ2) is 9.28. The number of sulfonamides is 1. The molecular formula is C21H32N2O5S2. The number of Topliss-reactive ketones (excluding diaryl/α,β-unsaturated/α-hetero) is 1. The van der Waals surface area contributed by atoms with Crippen molar-refractivity contribution in [2.45, 2.75) is 68.5 Å². The summed E-state index contributed by atoms with van der Waals surface area (Å²) in [5.74, 6) is 0.0284. The van der Waals surface area contributed by atoms with E-state index in [1.807, 2.05) is 20.8 Å². The van der Waals surface area contributed by atoms with Gasteiger partial charge in [-0.1, -0.05) is 17.7 Å². The summed E-state index contributed by atoms with van der Waals surface area (Å²) in [5, 5.41) is 2.24. The van der Waals surface area contributed by atoms with E-state index in [1.54, 1.807) is 45.0 Å². The molecule has 168 valence electrons. The molecule has 9 heteroatoms. The molecule has 0 bridgehead atoms. The molecule has 1 amide bonds. The number of ketones is 1. The van der Waals surface area contributed by atoms with Crippen LogP contribution in [0.1, 0.15) is 46.6 Å². The number of nitrogens with one attached hydrogen (secondary N) is 1. The zero-order valence-corrected chi connectivity index (χ0v) is 20.2. The van der Waals surface area contributed by atoms with Gasteiger partial charge in [0.2, 0.25) is 10.0 Å². The molecule has 1 unspecified atom stereocenters. The first-order chi connectivity index (χ1) is 13.7. The van der Waals surface area contributed by atoms with Crippen LogP contribution in [0, 0.1) is 6.92 Å². The van der Waals surface area contributed by atoms with E-state index in [1.165, 1.54) is 16.1 Å². The number of carbonyl (C=O) groups is 2. The lowest BCUT2D eigenvalue weighted by atomic mass is 10.1. The Labute approximate surface area is 184 Å². The van der Waals surface area contributed by atoms with E-state index in [-0.39, 0.29) is 30.2 Å². The Hall–Kier alpha value is -1.58. The summed E-state index contributed by atoms with van der Waals surface area (Å²) in [6.07, 6.45) is -0.340. The minimum atomic E-state index is -3.66. The normalized spacial score (nSPS) is 18.9. The van der Waals surface area contributed by atoms with E-state index >= 15 is 0 Å². The first-order valence-corrected chi connectivity index (χ1v) is 12.3. The van der Waals surface area contributed by atoms with Crippen LogP contribution in [-0.4, -0.2) is 59.8 Å². The summed E-state index contributed by atoms with van der Waals surface area (Å²) in [6.45, 7) is 11.7. The number of carbonyl (C=O) groups excluding carboxylic acids is 2. The minimum absolute atomic E-state index is 0.0284. The number of hydrogen-bond donors (Lipinski definition) is 1. The van der Waals surface area contributed by atoms with E-state index in [0.717, 1.165) is 5.56 Å². The molecule has 1 fully saturated rings. The van der Waals surface area contributed by atoms with E-state index in [0.29, 0.717) is 6.54 Å². The van der Waals surface area contributed by atoms with Crippen molar-refractivity contribution in [1.29, 1.82) is 0 Å². The highest BCUT2D eigenvalue weighted by molar-refractivity contribution is 8.02. The van der Waals surface area contributed by atoms with Gasteiger partial charge >= 0.3 is 6.09 Å². The van der Waals surface area contributed by atoms with E-state index in [4.69, 9.17) is 4.74 Å². The summed E-state index contributed by atoms with van der Waals surface area (Å²) < 4.78 is 32.1. The van der Waals surface area contributed by atoms with Crippen LogP contribution in [0.15, 0.2) is 29.2 Å². The predicted molar refractivity (Wildman–Crippen MR) is 119 cm³/mol. The molecule has 1 saturated heterocycles. The van der Waals surface area contributed by atoms with Gasteiger partial charge in [-0.25, -0.2) is 13.2 Å². The maximum Gasteiger partial charge on any atom is 0.407 e. The van der Waals surface area contributed by atoms with Crippen LogP contribution in [0.25, 0.3) is 0 Å². The zero-order chi connectivity index (χ0) is 22.7. The van der Waals surface area contributed by atoms with Crippen molar-refractivity contribution >= 4 is 33.7 Å². The number of aryl methyl sites for hydroxylation is 1. The Morgan fingerprint density at radius 1 is 1.20 bits per heavy atom. The summed E-state index contributed by atoms with van der Waals surface area (Å²) in [6, 6.07) is 6.72. The molecule has 2 rings (SSSR count). The van der Waals surface area contributed by atoms with Crippen LogP contribution in [0.2, 0.25) is 0 Å². The van der Waals surface area contributed by atoms with E-state index in [2.05, 4.69) is 5.32 Å². The first kappa shape index (κ1) is 24.7. The molecule has 1 aromatic rings. The van der Waals surface area contributed by atoms with Crippen molar-refractivity contribution in [3.05, 3.63) is 29.8 Å². The first-order valence-electron chi connectivity index (χ1n) is 9.94. The van der Waals surface area contributed by atoms with Gasteiger partial charge in [-0.2, -0.15) is 4.31 Å². The number of thioether (sulfide) groups is 1. The topological polar surface area (TPSA) is 92.8 Å². The molecule has 0 saturated carbocycles. The standard InChI is InChI=1S/C21H32N2O5S2/c1-15-7-9-16(10-8-15)30(26,27)23-12-11-17(24)18(13-23)29-21(5,6)14-22-19(25)28-20(2,3)4/h7-10,18H,11-14H2,1-6H3,(H,22,25). The van der Waals surface area contributed by atoms with Gasteiger partial charge in [0.15, 0.2) is 0 Å². The Morgan fingerprint density at radius 3 is 2.37 bits per heavy atom. The average Bonchev–Trinajstić information content (AvgIpc) is 2.61. The molecule has 0 radical (unpaired) electrons. The molecule has 7 nitrogen and oxygen atoms in total. The molecule has 30 heavy (non-hydrogen) atoms. The quantitative estimate of drug-likeness (QED) is 0.706. The molecule has 1 aliphatic heterocycles. The highest BCUT2D eigenvalue weighted by Gasteiger charge is 2.38. The van der Waals surface area contributed by atoms with Gasteiger partial charge in [0.25, 0.3) is 0 Å². The minimum Gasteiger partial charge on any atom is -0.444 e. The number of piperidine rings is 1. The van der Waals surface area contributed by atoms with Crippen molar-refractivity contribution in [2.24, 2.45) is 0 Å². The van der Waals surface area contributed by atoms with Gasteiger partial charge < -0.3 is 10.1 Å². The predicted octanol–water partition coefficient (Wildman–Crippen LogP) is 3.36. The summed E-state index contributed by atoms with van der Waals surface area (Å²) in [5.41, 5.74) is 0.390. The van der Waals surface area contributed by atoms with Crippen molar-refractivity contribution < 1.29 is 22.7 Å². The molecule has 1 aliphatic rings. The average molecular weight is 457 g/mol. The Bertz CT molecular complexity index is 874. The highest BCUT2D eigenvalue weighted by Crippen LogP contribution is 2.33. The highest BCUT2D eigenvalue weighted by atomic mass is 32.2. The van der Waals surface area contributed by atoms with Crippen LogP contribution >= 0.6 is 11.8 Å². The maximum atomic E-state index is 13.0. The van der Waals surface area contributed by atoms with Gasteiger partial charge in [0.1, 0.15) is 11.4 Å². The molecule has 1 aromatic carbocycles. The largest absolute Gasteiger partial charge is 0.444 e. The SMILES string of the molecule is Cc1ccc(S(=O)(=O)N2CCC(=O)C(SC(C)(C)CNC(=O)OC(C)(C)C)C2)cc1. The molecule has 0 spiro atoms. The Kier molecular flexibility index (Phi) is 7.63. The fourth-order valence-corrected chi connectivity index (χ4v) is 5.96. The van der Waals surface area contributed by atoms with Crippen LogP contribution in [0.4, 0.5) is 4.79 Å². The summed E-state index contributed by atoms with van der Waals surface area (Å²) in [7, 11) is -3.66. The third kappa shape index (κ3) is 6.99. The third-order valence-electron chi connectivity index (χ3n) is 4.51. The fraction of sp³-hybridized carbons (Fsp3) is 0.619. The number of ether oxygens (including phenoxy) is 1. The van der Waals surface area contributed by atoms with Gasteiger partial charge in [-0.05, 0) is 53.7 Å².